The fourth-order valence-corrected chi connectivity index (χ4v) is 0.176. The van der Waals surface area contributed by atoms with Crippen LogP contribution in [0.4, 0.5) is 0 Å². The minimum atomic E-state index is 0.391. The summed E-state index contributed by atoms with van der Waals surface area (Å²) in [6, 6.07) is 0. The summed E-state index contributed by atoms with van der Waals surface area (Å²) in [6.07, 6.45) is 0.671. The summed E-state index contributed by atoms with van der Waals surface area (Å²) < 4.78 is 0. The summed E-state index contributed by atoms with van der Waals surface area (Å²) in [5.41, 5.74) is 4.55. The van der Waals surface area contributed by atoms with E-state index in [4.69, 9.17) is 11.3 Å². The van der Waals surface area contributed by atoms with E-state index in [1.165, 1.54) is 0 Å². The van der Waals surface area contributed by atoms with Gasteiger partial charge in [0, 0.05) is 6.42 Å². The molecule has 0 bridgehead atoms. The Morgan fingerprint density at radius 1 is 1.86 bits per heavy atom. The van der Waals surface area contributed by atoms with E-state index < -0.39 is 0 Å². The third kappa shape index (κ3) is 3.21. The van der Waals surface area contributed by atoms with Crippen molar-refractivity contribution in [1.29, 1.82) is 5.41 Å². The van der Waals surface area contributed by atoms with E-state index in [2.05, 4.69) is 11.0 Å². The molecular formula is C3H10N4. The van der Waals surface area contributed by atoms with Gasteiger partial charge in [-0.2, -0.15) is 5.53 Å². The Labute approximate surface area is 42.5 Å². The van der Waals surface area contributed by atoms with Gasteiger partial charge < -0.3 is 0 Å². The molecule has 0 aromatic rings. The van der Waals surface area contributed by atoms with Crippen LogP contribution in [0.1, 0.15) is 13.3 Å². The number of hydrogen-bond acceptors (Lipinski definition) is 3. The molecule has 0 heterocycles. The highest BCUT2D eigenvalue weighted by Crippen LogP contribution is 1.69. The number of rotatable bonds is 2. The lowest BCUT2D eigenvalue weighted by molar-refractivity contribution is 0.683. The van der Waals surface area contributed by atoms with Gasteiger partial charge in [-0.05, 0) is 0 Å². The molecule has 4 heteroatoms. The third-order valence-electron chi connectivity index (χ3n) is 0.577. The molecule has 4 nitrogen and oxygen atoms in total. The summed E-state index contributed by atoms with van der Waals surface area (Å²) in [5.74, 6) is 5.19. The second-order valence-electron chi connectivity index (χ2n) is 1.10. The average Bonchev–Trinajstić information content (AvgIpc) is 1.68. The van der Waals surface area contributed by atoms with Crippen molar-refractivity contribution in [2.75, 3.05) is 0 Å². The predicted octanol–water partition coefficient (Wildman–Crippen LogP) is -0.658. The van der Waals surface area contributed by atoms with Gasteiger partial charge in [-0.1, -0.05) is 6.92 Å². The minimum Gasteiger partial charge on any atom is -0.296 e. The van der Waals surface area contributed by atoms with Crippen molar-refractivity contribution in [1.82, 2.24) is 11.0 Å². The number of amidine groups is 1. The lowest BCUT2D eigenvalue weighted by Crippen LogP contribution is -2.41. The molecular weight excluding hydrogens is 92.1 g/mol. The summed E-state index contributed by atoms with van der Waals surface area (Å²) in [4.78, 5) is 0. The minimum absolute atomic E-state index is 0.391. The van der Waals surface area contributed by atoms with Crippen molar-refractivity contribution >= 4 is 5.84 Å². The van der Waals surface area contributed by atoms with Crippen LogP contribution < -0.4 is 16.8 Å². The molecule has 0 spiro atoms. The molecule has 42 valence electrons. The number of hydrazine groups is 2. The predicted molar refractivity (Wildman–Crippen MR) is 28.5 cm³/mol. The van der Waals surface area contributed by atoms with E-state index >= 15 is 0 Å². The van der Waals surface area contributed by atoms with Crippen molar-refractivity contribution in [3.05, 3.63) is 0 Å². The van der Waals surface area contributed by atoms with E-state index in [1.54, 1.807) is 0 Å². The Kier molecular flexibility index (Phi) is 3.26. The van der Waals surface area contributed by atoms with Crippen LogP contribution >= 0.6 is 0 Å². The van der Waals surface area contributed by atoms with Crippen LogP contribution in [-0.4, -0.2) is 5.84 Å². The van der Waals surface area contributed by atoms with Gasteiger partial charge in [0.05, 0.1) is 0 Å². The monoisotopic (exact) mass is 102 g/mol. The molecule has 0 unspecified atom stereocenters. The first-order valence-corrected chi connectivity index (χ1v) is 2.10. The smallest absolute Gasteiger partial charge is 0.108 e. The molecule has 0 amide bonds. The fraction of sp³-hybridized carbons (Fsp3) is 0.667. The molecule has 0 saturated carbocycles. The summed E-state index contributed by atoms with van der Waals surface area (Å²) in [7, 11) is 0. The molecule has 0 atom stereocenters. The van der Waals surface area contributed by atoms with E-state index in [1.807, 2.05) is 6.92 Å². The van der Waals surface area contributed by atoms with Crippen molar-refractivity contribution in [3.8, 4) is 0 Å². The first-order valence-electron chi connectivity index (χ1n) is 2.10. The zero-order chi connectivity index (χ0) is 5.70. The summed E-state index contributed by atoms with van der Waals surface area (Å²) in [5, 5.41) is 6.88. The molecule has 0 fully saturated rings. The third-order valence-corrected chi connectivity index (χ3v) is 0.577. The van der Waals surface area contributed by atoms with E-state index in [0.717, 1.165) is 0 Å². The topological polar surface area (TPSA) is 73.9 Å². The van der Waals surface area contributed by atoms with Crippen LogP contribution in [0.3, 0.4) is 0 Å². The molecule has 0 aromatic heterocycles. The highest BCUT2D eigenvalue weighted by molar-refractivity contribution is 5.77. The van der Waals surface area contributed by atoms with E-state index in [-0.39, 0.29) is 0 Å². The van der Waals surface area contributed by atoms with Crippen molar-refractivity contribution < 1.29 is 0 Å². The SMILES string of the molecule is CCC(=N)NNN. The first kappa shape index (κ1) is 6.39. The lowest BCUT2D eigenvalue weighted by atomic mass is 10.5. The zero-order valence-electron chi connectivity index (χ0n) is 4.28. The van der Waals surface area contributed by atoms with Crippen LogP contribution in [0, 0.1) is 5.41 Å². The quantitative estimate of drug-likeness (QED) is 0.162. The Morgan fingerprint density at radius 2 is 2.43 bits per heavy atom. The highest BCUT2D eigenvalue weighted by Gasteiger charge is 1.82. The normalized spacial score (nSPS) is 8.29. The molecule has 0 aliphatic heterocycles. The molecule has 7 heavy (non-hydrogen) atoms. The number of nitrogens with two attached hydrogens (primary N) is 1. The van der Waals surface area contributed by atoms with Crippen molar-refractivity contribution in [2.45, 2.75) is 13.3 Å². The van der Waals surface area contributed by atoms with Gasteiger partial charge in [-0.25, -0.2) is 0 Å². The van der Waals surface area contributed by atoms with Gasteiger partial charge in [0.25, 0.3) is 0 Å². The Bertz CT molecular complexity index is 60.0. The van der Waals surface area contributed by atoms with Crippen molar-refractivity contribution in [2.24, 2.45) is 5.84 Å². The standard InChI is InChI=1S/C3H10N4/c1-2-3(4)6-7-5/h7H,2,5H2,1H3,(H2,4,6). The van der Waals surface area contributed by atoms with E-state index in [0.29, 0.717) is 12.3 Å². The number of nitrogens with one attached hydrogen (secondary N) is 3. The lowest BCUT2D eigenvalue weighted by Gasteiger charge is -1.99. The highest BCUT2D eigenvalue weighted by atomic mass is 15.5. The second kappa shape index (κ2) is 3.58. The first-order chi connectivity index (χ1) is 3.31. The maximum atomic E-state index is 6.88. The largest absolute Gasteiger partial charge is 0.296 e. The van der Waals surface area contributed by atoms with Crippen LogP contribution in [0.15, 0.2) is 0 Å². The fourth-order valence-electron chi connectivity index (χ4n) is 0.176. The maximum Gasteiger partial charge on any atom is 0.108 e. The van der Waals surface area contributed by atoms with Gasteiger partial charge in [-0.15, -0.1) is 0 Å². The summed E-state index contributed by atoms with van der Waals surface area (Å²) >= 11 is 0. The van der Waals surface area contributed by atoms with Crippen LogP contribution in [0.5, 0.6) is 0 Å². The molecule has 0 rings (SSSR count). The van der Waals surface area contributed by atoms with Gasteiger partial charge in [0.1, 0.15) is 5.84 Å². The van der Waals surface area contributed by atoms with Crippen molar-refractivity contribution in [3.63, 3.8) is 0 Å². The molecule has 5 N–H and O–H groups in total. The maximum absolute atomic E-state index is 6.88. The van der Waals surface area contributed by atoms with Crippen LogP contribution in [-0.2, 0) is 0 Å². The summed E-state index contributed by atoms with van der Waals surface area (Å²) in [6.45, 7) is 1.87. The van der Waals surface area contributed by atoms with Crippen LogP contribution in [0.2, 0.25) is 0 Å². The van der Waals surface area contributed by atoms with Gasteiger partial charge in [0.2, 0.25) is 0 Å². The Morgan fingerprint density at radius 3 is 2.57 bits per heavy atom. The van der Waals surface area contributed by atoms with Crippen LogP contribution in [0.25, 0.3) is 0 Å². The zero-order valence-corrected chi connectivity index (χ0v) is 4.28. The van der Waals surface area contributed by atoms with Gasteiger partial charge >= 0.3 is 0 Å². The molecule has 0 radical (unpaired) electrons. The average molecular weight is 102 g/mol. The molecule has 0 saturated heterocycles. The molecule has 0 aliphatic carbocycles. The Hall–Kier alpha value is -0.610. The Balaban J connectivity index is 3.00. The molecule has 0 aromatic carbocycles. The number of hydrogen-bond donors (Lipinski definition) is 4. The van der Waals surface area contributed by atoms with Gasteiger partial charge in [0.15, 0.2) is 0 Å². The van der Waals surface area contributed by atoms with E-state index in [9.17, 15) is 0 Å². The second-order valence-corrected chi connectivity index (χ2v) is 1.10. The molecule has 0 aliphatic rings. The van der Waals surface area contributed by atoms with Gasteiger partial charge in [-0.3, -0.25) is 16.7 Å².